The maximum absolute atomic E-state index is 11.1. The van der Waals surface area contributed by atoms with Gasteiger partial charge in [-0.3, -0.25) is 15.2 Å². The van der Waals surface area contributed by atoms with Gasteiger partial charge < -0.3 is 10.2 Å². The molecule has 150 valence electrons. The van der Waals surface area contributed by atoms with Crippen LogP contribution in [0.15, 0.2) is 47.5 Å². The van der Waals surface area contributed by atoms with Crippen molar-refractivity contribution in [1.82, 2.24) is 10.2 Å². The molecule has 0 saturated carbocycles. The molecule has 3 rings (SSSR count). The summed E-state index contributed by atoms with van der Waals surface area (Å²) in [6.45, 7) is 7.63. The number of phenolic OH excluding ortho intramolecular Hbond substituents is 2. The topological polar surface area (TPSA) is 148 Å². The summed E-state index contributed by atoms with van der Waals surface area (Å²) in [6, 6.07) is 12.3. The zero-order valence-corrected chi connectivity index (χ0v) is 15.7. The molecule has 3 aromatic rings. The summed E-state index contributed by atoms with van der Waals surface area (Å²) in [5, 5.41) is 47.9. The number of hydrogen-bond donors (Lipinski definition) is 3. The largest absolute Gasteiger partial charge is 0.508 e. The number of aromatic nitrogens is 2. The van der Waals surface area contributed by atoms with Crippen LogP contribution < -0.4 is 10.6 Å². The van der Waals surface area contributed by atoms with Gasteiger partial charge in [0.15, 0.2) is 11.6 Å². The quantitative estimate of drug-likeness (QED) is 0.326. The second kappa shape index (κ2) is 8.28. The summed E-state index contributed by atoms with van der Waals surface area (Å²) >= 11 is 0. The van der Waals surface area contributed by atoms with Crippen molar-refractivity contribution in [2.24, 2.45) is 10.9 Å². The summed E-state index contributed by atoms with van der Waals surface area (Å²) in [5.41, 5.74) is 0.957. The Morgan fingerprint density at radius 2 is 1.97 bits per heavy atom. The number of rotatable bonds is 6. The van der Waals surface area contributed by atoms with Gasteiger partial charge in [0.05, 0.1) is 28.0 Å². The molecule has 0 aliphatic carbocycles. The predicted octanol–water partition coefficient (Wildman–Crippen LogP) is 2.05. The minimum Gasteiger partial charge on any atom is -0.508 e. The van der Waals surface area contributed by atoms with Crippen molar-refractivity contribution in [3.8, 4) is 17.6 Å². The number of nitriles is 1. The maximum atomic E-state index is 11.1. The molecule has 0 bridgehead atoms. The molecular weight excluding hydrogens is 386 g/mol. The second-order valence-electron chi connectivity index (χ2n) is 6.51. The van der Waals surface area contributed by atoms with E-state index < -0.39 is 22.3 Å². The van der Waals surface area contributed by atoms with Crippen LogP contribution in [0.4, 0.5) is 11.5 Å². The lowest BCUT2D eigenvalue weighted by molar-refractivity contribution is -0.385. The van der Waals surface area contributed by atoms with Crippen molar-refractivity contribution in [3.05, 3.63) is 74.3 Å². The number of aromatic hydroxyl groups is 2. The number of H-pyrrole nitrogens is 1. The third-order valence-electron chi connectivity index (χ3n) is 4.48. The molecule has 0 spiro atoms. The Hall–Kier alpha value is -4.45. The molecule has 0 saturated heterocycles. The number of aromatic amines is 1. The van der Waals surface area contributed by atoms with E-state index in [1.165, 1.54) is 30.3 Å². The van der Waals surface area contributed by atoms with E-state index >= 15 is 0 Å². The summed E-state index contributed by atoms with van der Waals surface area (Å²) < 4.78 is 0. The van der Waals surface area contributed by atoms with Crippen molar-refractivity contribution in [2.45, 2.75) is 6.42 Å². The highest BCUT2D eigenvalue weighted by molar-refractivity contribution is 6.05. The van der Waals surface area contributed by atoms with Gasteiger partial charge in [-0.05, 0) is 47.9 Å². The van der Waals surface area contributed by atoms with Gasteiger partial charge >= 0.3 is 5.69 Å². The molecule has 1 unspecified atom stereocenters. The minimum absolute atomic E-state index is 0.0541. The fourth-order valence-corrected chi connectivity index (χ4v) is 2.85. The average molecular weight is 403 g/mol. The molecule has 0 aliphatic rings. The van der Waals surface area contributed by atoms with E-state index in [0.29, 0.717) is 27.4 Å². The van der Waals surface area contributed by atoms with Crippen LogP contribution in [0.2, 0.25) is 0 Å². The smallest absolute Gasteiger partial charge is 0.310 e. The van der Waals surface area contributed by atoms with Gasteiger partial charge in [-0.1, -0.05) is 19.2 Å². The van der Waals surface area contributed by atoms with Crippen molar-refractivity contribution in [2.75, 3.05) is 0 Å². The first-order chi connectivity index (χ1) is 14.3. The van der Waals surface area contributed by atoms with E-state index in [1.54, 1.807) is 12.1 Å². The molecule has 0 amide bonds. The Morgan fingerprint density at radius 3 is 2.53 bits per heavy atom. The van der Waals surface area contributed by atoms with Crippen LogP contribution in [-0.2, 0) is 6.42 Å². The van der Waals surface area contributed by atoms with Crippen LogP contribution in [0.5, 0.6) is 11.5 Å². The van der Waals surface area contributed by atoms with Crippen LogP contribution in [0.25, 0.3) is 13.2 Å². The molecule has 1 aromatic heterocycles. The zero-order chi connectivity index (χ0) is 21.8. The lowest BCUT2D eigenvalue weighted by Crippen LogP contribution is -2.20. The van der Waals surface area contributed by atoms with Gasteiger partial charge in [-0.15, -0.1) is 0 Å². The number of phenols is 2. The lowest BCUT2D eigenvalue weighted by Gasteiger charge is -2.13. The van der Waals surface area contributed by atoms with Crippen LogP contribution in [0.1, 0.15) is 11.1 Å². The Balaban J connectivity index is 2.08. The molecule has 3 N–H and O–H groups in total. The Bertz CT molecular complexity index is 1270. The zero-order valence-electron chi connectivity index (χ0n) is 15.7. The van der Waals surface area contributed by atoms with E-state index in [0.717, 1.165) is 0 Å². The number of nitro groups is 1. The number of hydrogen-bond acceptors (Lipinski definition) is 7. The standard InChI is InChI=1S/C21H17N5O4/c1-12-13(2)24-25-21(12)23-20(15-4-6-17(27)7-5-15)16(11-22)9-14-3-8-19(28)18(10-14)26(29)30/h3-8,10,16,24,27-28H,1-2,9H2. The molecule has 1 heterocycles. The fraction of sp³-hybridized carbons (Fsp3) is 0.0952. The van der Waals surface area contributed by atoms with Crippen LogP contribution in [0, 0.1) is 27.4 Å². The van der Waals surface area contributed by atoms with E-state index in [9.17, 15) is 25.6 Å². The van der Waals surface area contributed by atoms with Gasteiger partial charge in [0.2, 0.25) is 0 Å². The van der Waals surface area contributed by atoms with Gasteiger partial charge in [-0.25, -0.2) is 4.99 Å². The number of nitrogens with one attached hydrogen (secondary N) is 1. The Morgan fingerprint density at radius 1 is 1.27 bits per heavy atom. The van der Waals surface area contributed by atoms with Gasteiger partial charge in [0.25, 0.3) is 0 Å². The molecule has 9 heteroatoms. The van der Waals surface area contributed by atoms with Gasteiger partial charge in [0, 0.05) is 11.3 Å². The van der Waals surface area contributed by atoms with E-state index in [1.807, 2.05) is 0 Å². The fourth-order valence-electron chi connectivity index (χ4n) is 2.85. The molecule has 1 atom stereocenters. The van der Waals surface area contributed by atoms with Crippen molar-refractivity contribution >= 4 is 30.4 Å². The van der Waals surface area contributed by atoms with E-state index in [4.69, 9.17) is 0 Å². The highest BCUT2D eigenvalue weighted by atomic mass is 16.6. The van der Waals surface area contributed by atoms with Gasteiger partial charge in [-0.2, -0.15) is 10.4 Å². The monoisotopic (exact) mass is 403 g/mol. The van der Waals surface area contributed by atoms with E-state index in [2.05, 4.69) is 34.4 Å². The van der Waals surface area contributed by atoms with Crippen LogP contribution in [0.3, 0.4) is 0 Å². The molecule has 2 aromatic carbocycles. The predicted molar refractivity (Wildman–Crippen MR) is 111 cm³/mol. The third-order valence-corrected chi connectivity index (χ3v) is 4.48. The molecule has 0 aliphatic heterocycles. The van der Waals surface area contributed by atoms with Crippen molar-refractivity contribution < 1.29 is 15.1 Å². The maximum Gasteiger partial charge on any atom is 0.310 e. The summed E-state index contributed by atoms with van der Waals surface area (Å²) in [6.07, 6.45) is 0.103. The molecule has 0 fully saturated rings. The molecular formula is C21H17N5O4. The summed E-state index contributed by atoms with van der Waals surface area (Å²) in [5.74, 6) is -0.938. The van der Waals surface area contributed by atoms with Crippen LogP contribution in [-0.4, -0.2) is 31.0 Å². The van der Waals surface area contributed by atoms with Crippen molar-refractivity contribution in [3.63, 3.8) is 0 Å². The Labute approximate surface area is 170 Å². The van der Waals surface area contributed by atoms with Gasteiger partial charge in [0.1, 0.15) is 5.75 Å². The second-order valence-corrected chi connectivity index (χ2v) is 6.51. The first-order valence-electron chi connectivity index (χ1n) is 8.76. The highest BCUT2D eigenvalue weighted by Crippen LogP contribution is 2.28. The average Bonchev–Trinajstić information content (AvgIpc) is 3.04. The third kappa shape index (κ3) is 4.18. The first kappa shape index (κ1) is 20.3. The molecule has 9 nitrogen and oxygen atoms in total. The minimum atomic E-state index is -0.803. The number of nitrogens with zero attached hydrogens (tertiary/aromatic N) is 4. The van der Waals surface area contributed by atoms with E-state index in [-0.39, 0.29) is 18.0 Å². The first-order valence-corrected chi connectivity index (χ1v) is 8.76. The van der Waals surface area contributed by atoms with Crippen LogP contribution >= 0.6 is 0 Å². The molecule has 0 radical (unpaired) electrons. The number of nitro benzene ring substituents is 1. The lowest BCUT2D eigenvalue weighted by atomic mass is 9.91. The Kier molecular flexibility index (Phi) is 5.60. The van der Waals surface area contributed by atoms with Crippen molar-refractivity contribution in [1.29, 1.82) is 5.26 Å². The SMILES string of the molecule is C=c1[nH]nc(N=C(c2ccc(O)cc2)C(C#N)Cc2ccc(O)c([N+](=O)[O-])c2)c1=C. The normalized spacial score (nSPS) is 12.3. The number of benzene rings is 2. The molecule has 30 heavy (non-hydrogen) atoms. The summed E-state index contributed by atoms with van der Waals surface area (Å²) in [4.78, 5) is 14.9. The highest BCUT2D eigenvalue weighted by Gasteiger charge is 2.22. The summed E-state index contributed by atoms with van der Waals surface area (Å²) in [7, 11) is 0. The number of aliphatic imine (C=N–C) groups is 1.